The summed E-state index contributed by atoms with van der Waals surface area (Å²) in [6, 6.07) is 4.08. The van der Waals surface area contributed by atoms with Crippen molar-refractivity contribution in [2.24, 2.45) is 5.92 Å². The molecule has 2 heterocycles. The molecule has 2 rings (SSSR count). The maximum atomic E-state index is 11.7. The quantitative estimate of drug-likeness (QED) is 0.805. The van der Waals surface area contributed by atoms with Crippen molar-refractivity contribution in [2.45, 2.75) is 6.54 Å². The zero-order chi connectivity index (χ0) is 9.97. The second kappa shape index (κ2) is 4.11. The first kappa shape index (κ1) is 9.68. The van der Waals surface area contributed by atoms with Crippen LogP contribution in [0.4, 0.5) is 0 Å². The summed E-state index contributed by atoms with van der Waals surface area (Å²) in [5.41, 5.74) is 0. The maximum absolute atomic E-state index is 11.7. The first-order valence-electron chi connectivity index (χ1n) is 4.75. The van der Waals surface area contributed by atoms with E-state index in [-0.39, 0.29) is 11.8 Å². The van der Waals surface area contributed by atoms with E-state index in [1.807, 2.05) is 23.4 Å². The van der Waals surface area contributed by atoms with Crippen LogP contribution in [0, 0.1) is 5.92 Å². The predicted octanol–water partition coefficient (Wildman–Crippen LogP) is 0.926. The van der Waals surface area contributed by atoms with Gasteiger partial charge in [0.05, 0.1) is 12.5 Å². The monoisotopic (exact) mass is 210 g/mol. The van der Waals surface area contributed by atoms with E-state index < -0.39 is 0 Å². The van der Waals surface area contributed by atoms with Crippen LogP contribution < -0.4 is 5.32 Å². The second-order valence-corrected chi connectivity index (χ2v) is 4.66. The largest absolute Gasteiger partial charge is 0.340 e. The molecule has 3 nitrogen and oxygen atoms in total. The Labute approximate surface area is 87.7 Å². The van der Waals surface area contributed by atoms with Crippen molar-refractivity contribution in [3.63, 3.8) is 0 Å². The van der Waals surface area contributed by atoms with Gasteiger partial charge in [-0.3, -0.25) is 4.79 Å². The standard InChI is InChI=1S/C10H14N2OS/c1-12(7-9-3-2-4-14-9)10(13)8-5-11-6-8/h2-4,8,11H,5-7H2,1H3. The number of carbonyl (C=O) groups is 1. The van der Waals surface area contributed by atoms with Crippen LogP contribution in [0.2, 0.25) is 0 Å². The molecule has 0 aromatic carbocycles. The molecule has 0 unspecified atom stereocenters. The van der Waals surface area contributed by atoms with Crippen LogP contribution in [-0.2, 0) is 11.3 Å². The summed E-state index contributed by atoms with van der Waals surface area (Å²) in [7, 11) is 1.88. The third-order valence-corrected chi connectivity index (χ3v) is 3.34. The van der Waals surface area contributed by atoms with Gasteiger partial charge in [-0.1, -0.05) is 6.07 Å². The number of nitrogens with one attached hydrogen (secondary N) is 1. The molecular formula is C10H14N2OS. The number of carbonyl (C=O) groups excluding carboxylic acids is 1. The number of hydrogen-bond acceptors (Lipinski definition) is 3. The molecule has 0 saturated carbocycles. The Morgan fingerprint density at radius 3 is 3.00 bits per heavy atom. The summed E-state index contributed by atoms with van der Waals surface area (Å²) >= 11 is 1.70. The highest BCUT2D eigenvalue weighted by Gasteiger charge is 2.27. The highest BCUT2D eigenvalue weighted by Crippen LogP contribution is 2.14. The van der Waals surface area contributed by atoms with Gasteiger partial charge in [0.2, 0.25) is 5.91 Å². The number of nitrogens with zero attached hydrogens (tertiary/aromatic N) is 1. The summed E-state index contributed by atoms with van der Waals surface area (Å²) < 4.78 is 0. The van der Waals surface area contributed by atoms with E-state index in [4.69, 9.17) is 0 Å². The predicted molar refractivity (Wildman–Crippen MR) is 57.2 cm³/mol. The highest BCUT2D eigenvalue weighted by atomic mass is 32.1. The van der Waals surface area contributed by atoms with Crippen LogP contribution in [0.25, 0.3) is 0 Å². The molecule has 1 amide bonds. The van der Waals surface area contributed by atoms with Crippen molar-refractivity contribution < 1.29 is 4.79 Å². The fraction of sp³-hybridized carbons (Fsp3) is 0.500. The van der Waals surface area contributed by atoms with E-state index in [1.165, 1.54) is 4.88 Å². The molecule has 76 valence electrons. The Bertz CT molecular complexity index is 306. The van der Waals surface area contributed by atoms with Crippen molar-refractivity contribution in [2.75, 3.05) is 20.1 Å². The summed E-state index contributed by atoms with van der Waals surface area (Å²) in [6.07, 6.45) is 0. The Balaban J connectivity index is 1.88. The van der Waals surface area contributed by atoms with E-state index in [0.29, 0.717) is 0 Å². The van der Waals surface area contributed by atoms with Crippen LogP contribution >= 0.6 is 11.3 Å². The number of hydrogen-bond donors (Lipinski definition) is 1. The Morgan fingerprint density at radius 1 is 1.71 bits per heavy atom. The summed E-state index contributed by atoms with van der Waals surface area (Å²) in [4.78, 5) is 14.8. The Kier molecular flexibility index (Phi) is 2.84. The van der Waals surface area contributed by atoms with Crippen LogP contribution in [0.5, 0.6) is 0 Å². The number of amides is 1. The summed E-state index contributed by atoms with van der Waals surface area (Å²) in [5.74, 6) is 0.470. The van der Waals surface area contributed by atoms with Crippen LogP contribution in [0.3, 0.4) is 0 Å². The minimum absolute atomic E-state index is 0.208. The molecule has 1 fully saturated rings. The van der Waals surface area contributed by atoms with Crippen molar-refractivity contribution in [3.05, 3.63) is 22.4 Å². The molecule has 1 aliphatic heterocycles. The van der Waals surface area contributed by atoms with E-state index in [1.54, 1.807) is 11.3 Å². The highest BCUT2D eigenvalue weighted by molar-refractivity contribution is 7.09. The minimum atomic E-state index is 0.208. The first-order chi connectivity index (χ1) is 6.77. The zero-order valence-corrected chi connectivity index (χ0v) is 9.01. The average Bonchev–Trinajstić information content (AvgIpc) is 2.53. The summed E-state index contributed by atoms with van der Waals surface area (Å²) in [5, 5.41) is 5.15. The van der Waals surface area contributed by atoms with Crippen molar-refractivity contribution in [1.29, 1.82) is 0 Å². The lowest BCUT2D eigenvalue weighted by atomic mass is 10.0. The van der Waals surface area contributed by atoms with Crippen molar-refractivity contribution >= 4 is 17.2 Å². The third-order valence-electron chi connectivity index (χ3n) is 2.48. The van der Waals surface area contributed by atoms with Gasteiger partial charge < -0.3 is 10.2 Å². The van der Waals surface area contributed by atoms with Crippen LogP contribution in [0.1, 0.15) is 4.88 Å². The van der Waals surface area contributed by atoms with Gasteiger partial charge in [0.15, 0.2) is 0 Å². The molecule has 0 aliphatic carbocycles. The molecule has 0 bridgehead atoms. The van der Waals surface area contributed by atoms with Crippen molar-refractivity contribution in [3.8, 4) is 0 Å². The fourth-order valence-electron chi connectivity index (χ4n) is 1.49. The van der Waals surface area contributed by atoms with E-state index >= 15 is 0 Å². The van der Waals surface area contributed by atoms with Gasteiger partial charge in [-0.25, -0.2) is 0 Å². The topological polar surface area (TPSA) is 32.3 Å². The lowest BCUT2D eigenvalue weighted by Crippen LogP contribution is -2.50. The molecule has 4 heteroatoms. The zero-order valence-electron chi connectivity index (χ0n) is 8.19. The lowest BCUT2D eigenvalue weighted by molar-refractivity contribution is -0.136. The molecule has 14 heavy (non-hydrogen) atoms. The number of thiophene rings is 1. The number of rotatable bonds is 3. The lowest BCUT2D eigenvalue weighted by Gasteiger charge is -2.30. The normalized spacial score (nSPS) is 16.4. The first-order valence-corrected chi connectivity index (χ1v) is 5.63. The van der Waals surface area contributed by atoms with Gasteiger partial charge >= 0.3 is 0 Å². The van der Waals surface area contributed by atoms with Gasteiger partial charge in [0, 0.05) is 25.0 Å². The van der Waals surface area contributed by atoms with Gasteiger partial charge in [0.1, 0.15) is 0 Å². The van der Waals surface area contributed by atoms with E-state index in [9.17, 15) is 4.79 Å². The molecule has 0 spiro atoms. The molecular weight excluding hydrogens is 196 g/mol. The maximum Gasteiger partial charge on any atom is 0.228 e. The second-order valence-electron chi connectivity index (χ2n) is 3.63. The molecule has 0 atom stereocenters. The Hall–Kier alpha value is -0.870. The van der Waals surface area contributed by atoms with Gasteiger partial charge in [-0.15, -0.1) is 11.3 Å². The van der Waals surface area contributed by atoms with Gasteiger partial charge in [-0.05, 0) is 11.4 Å². The van der Waals surface area contributed by atoms with E-state index in [2.05, 4.69) is 11.4 Å². The third kappa shape index (κ3) is 1.96. The molecule has 1 aromatic rings. The van der Waals surface area contributed by atoms with Gasteiger partial charge in [-0.2, -0.15) is 0 Å². The molecule has 0 radical (unpaired) electrons. The molecule has 1 N–H and O–H groups in total. The van der Waals surface area contributed by atoms with Crippen LogP contribution in [0.15, 0.2) is 17.5 Å². The SMILES string of the molecule is CN(Cc1cccs1)C(=O)C1CNC1. The average molecular weight is 210 g/mol. The molecule has 1 aliphatic rings. The molecule has 1 saturated heterocycles. The van der Waals surface area contributed by atoms with Crippen LogP contribution in [-0.4, -0.2) is 30.9 Å². The van der Waals surface area contributed by atoms with Gasteiger partial charge in [0.25, 0.3) is 0 Å². The molecule has 1 aromatic heterocycles. The van der Waals surface area contributed by atoms with Crippen molar-refractivity contribution in [1.82, 2.24) is 10.2 Å². The summed E-state index contributed by atoms with van der Waals surface area (Å²) in [6.45, 7) is 2.42. The Morgan fingerprint density at radius 2 is 2.50 bits per heavy atom. The fourth-order valence-corrected chi connectivity index (χ4v) is 2.25. The van der Waals surface area contributed by atoms with E-state index in [0.717, 1.165) is 19.6 Å². The minimum Gasteiger partial charge on any atom is -0.340 e. The smallest absolute Gasteiger partial charge is 0.228 e.